The molecule has 0 aromatic carbocycles. The van der Waals surface area contributed by atoms with Crippen LogP contribution < -0.4 is 15.0 Å². The van der Waals surface area contributed by atoms with Crippen LogP contribution in [0.2, 0.25) is 0 Å². The van der Waals surface area contributed by atoms with Gasteiger partial charge in [0.15, 0.2) is 0 Å². The Morgan fingerprint density at radius 1 is 1.28 bits per heavy atom. The van der Waals surface area contributed by atoms with Gasteiger partial charge in [0.2, 0.25) is 0 Å². The Hall–Kier alpha value is -2.27. The molecule has 11 heteroatoms. The smallest absolute Gasteiger partial charge is 0.407 e. The number of fused-ring (bicyclic) bond motifs is 3. The van der Waals surface area contributed by atoms with E-state index >= 15 is 0 Å². The van der Waals surface area contributed by atoms with Crippen molar-refractivity contribution in [3.05, 3.63) is 11.3 Å². The number of rotatable bonds is 6. The van der Waals surface area contributed by atoms with Gasteiger partial charge in [0, 0.05) is 38.2 Å². The molecule has 1 aromatic rings. The number of amides is 1. The molecule has 1 saturated carbocycles. The first kappa shape index (κ1) is 21.6. The molecule has 9 nitrogen and oxygen atoms in total. The zero-order valence-electron chi connectivity index (χ0n) is 18.5. The highest BCUT2D eigenvalue weighted by atomic mass is 19.3. The lowest BCUT2D eigenvalue weighted by atomic mass is 10.1. The SMILES string of the molecule is CN(C)CC1(COc2nc3c(c(N4CC5CCC(C4)N5C(=O)O)n2)CCNC3)CC1(F)F. The molecule has 4 heterocycles. The summed E-state index contributed by atoms with van der Waals surface area (Å²) in [4.78, 5) is 26.3. The third-order valence-corrected chi connectivity index (χ3v) is 7.20. The van der Waals surface area contributed by atoms with Gasteiger partial charge in [-0.1, -0.05) is 0 Å². The number of halogens is 2. The van der Waals surface area contributed by atoms with E-state index in [1.54, 1.807) is 23.9 Å². The largest absolute Gasteiger partial charge is 0.465 e. The molecule has 3 fully saturated rings. The van der Waals surface area contributed by atoms with Crippen molar-refractivity contribution in [2.75, 3.05) is 51.8 Å². The van der Waals surface area contributed by atoms with E-state index in [4.69, 9.17) is 4.74 Å². The normalized spacial score (nSPS) is 30.4. The number of ether oxygens (including phenoxy) is 1. The van der Waals surface area contributed by atoms with E-state index < -0.39 is 17.4 Å². The molecule has 3 atom stereocenters. The fourth-order valence-corrected chi connectivity index (χ4v) is 5.59. The summed E-state index contributed by atoms with van der Waals surface area (Å²) >= 11 is 0. The van der Waals surface area contributed by atoms with E-state index in [0.717, 1.165) is 42.9 Å². The standard InChI is InChI=1S/C21H30F2N6O3/c1-27(2)11-20(10-21(20,22)23)12-32-18-25-16-7-24-6-5-15(16)17(26-18)28-8-13-3-4-14(9-28)29(13)19(30)31/h13-14,24H,3-12H2,1-2H3,(H,30,31). The van der Waals surface area contributed by atoms with Gasteiger partial charge in [0.05, 0.1) is 23.2 Å². The zero-order chi connectivity index (χ0) is 22.7. The summed E-state index contributed by atoms with van der Waals surface area (Å²) in [5.74, 6) is -1.99. The molecule has 2 bridgehead atoms. The maximum Gasteiger partial charge on any atom is 0.407 e. The highest BCUT2D eigenvalue weighted by Gasteiger charge is 2.71. The summed E-state index contributed by atoms with van der Waals surface area (Å²) in [6.45, 7) is 2.62. The van der Waals surface area contributed by atoms with Crippen LogP contribution in [-0.4, -0.2) is 95.9 Å². The summed E-state index contributed by atoms with van der Waals surface area (Å²) in [5, 5.41) is 12.9. The van der Waals surface area contributed by atoms with Gasteiger partial charge in [-0.05, 0) is 39.9 Å². The number of aromatic nitrogens is 2. The van der Waals surface area contributed by atoms with Gasteiger partial charge in [-0.3, -0.25) is 4.90 Å². The topological polar surface area (TPSA) is 94.1 Å². The quantitative estimate of drug-likeness (QED) is 0.670. The van der Waals surface area contributed by atoms with Crippen LogP contribution in [0.1, 0.15) is 30.5 Å². The van der Waals surface area contributed by atoms with Gasteiger partial charge in [0.1, 0.15) is 12.4 Å². The minimum atomic E-state index is -2.75. The maximum absolute atomic E-state index is 14.1. The average molecular weight is 453 g/mol. The summed E-state index contributed by atoms with van der Waals surface area (Å²) in [5.41, 5.74) is 0.660. The van der Waals surface area contributed by atoms with Crippen LogP contribution in [0.4, 0.5) is 19.4 Å². The minimum Gasteiger partial charge on any atom is -0.465 e. The van der Waals surface area contributed by atoms with E-state index in [1.165, 1.54) is 0 Å². The molecule has 3 aliphatic heterocycles. The molecule has 5 rings (SSSR count). The number of carbonyl (C=O) groups is 1. The van der Waals surface area contributed by atoms with Crippen LogP contribution in [0.25, 0.3) is 0 Å². The number of nitrogens with zero attached hydrogens (tertiary/aromatic N) is 5. The van der Waals surface area contributed by atoms with Crippen molar-refractivity contribution in [3.63, 3.8) is 0 Å². The molecule has 2 N–H and O–H groups in total. The van der Waals surface area contributed by atoms with Gasteiger partial charge in [0.25, 0.3) is 5.92 Å². The first-order chi connectivity index (χ1) is 15.2. The van der Waals surface area contributed by atoms with Crippen molar-refractivity contribution in [2.24, 2.45) is 5.41 Å². The van der Waals surface area contributed by atoms with Gasteiger partial charge in [-0.15, -0.1) is 0 Å². The fraction of sp³-hybridized carbons (Fsp3) is 0.762. The molecular weight excluding hydrogens is 422 g/mol. The molecule has 176 valence electrons. The number of piperazine rings is 1. The zero-order valence-corrected chi connectivity index (χ0v) is 18.5. The lowest BCUT2D eigenvalue weighted by Crippen LogP contribution is -2.56. The molecule has 1 amide bonds. The van der Waals surface area contributed by atoms with Gasteiger partial charge in [-0.25, -0.2) is 13.6 Å². The highest BCUT2D eigenvalue weighted by Crippen LogP contribution is 2.60. The van der Waals surface area contributed by atoms with E-state index in [-0.39, 0.29) is 37.7 Å². The maximum atomic E-state index is 14.1. The summed E-state index contributed by atoms with van der Waals surface area (Å²) in [7, 11) is 3.56. The highest BCUT2D eigenvalue weighted by molar-refractivity contribution is 5.67. The number of carboxylic acid groups (broad SMARTS) is 1. The van der Waals surface area contributed by atoms with Crippen molar-refractivity contribution in [1.29, 1.82) is 0 Å². The fourth-order valence-electron chi connectivity index (χ4n) is 5.59. The van der Waals surface area contributed by atoms with Crippen molar-refractivity contribution >= 4 is 11.9 Å². The number of alkyl halides is 2. The second kappa shape index (κ2) is 7.65. The van der Waals surface area contributed by atoms with Crippen molar-refractivity contribution in [3.8, 4) is 6.01 Å². The monoisotopic (exact) mass is 452 g/mol. The Morgan fingerprint density at radius 3 is 2.56 bits per heavy atom. The van der Waals surface area contributed by atoms with E-state index in [0.29, 0.717) is 19.6 Å². The Kier molecular flexibility index (Phi) is 5.16. The lowest BCUT2D eigenvalue weighted by molar-refractivity contribution is 0.0287. The molecule has 0 spiro atoms. The van der Waals surface area contributed by atoms with Crippen molar-refractivity contribution < 1.29 is 23.4 Å². The third-order valence-electron chi connectivity index (χ3n) is 7.20. The molecule has 2 saturated heterocycles. The van der Waals surface area contributed by atoms with Gasteiger partial charge < -0.3 is 25.0 Å². The first-order valence-corrected chi connectivity index (χ1v) is 11.2. The molecule has 4 aliphatic rings. The van der Waals surface area contributed by atoms with E-state index in [9.17, 15) is 18.7 Å². The van der Waals surface area contributed by atoms with Gasteiger partial charge >= 0.3 is 12.1 Å². The van der Waals surface area contributed by atoms with Crippen LogP contribution in [0.3, 0.4) is 0 Å². The molecule has 0 radical (unpaired) electrons. The predicted octanol–water partition coefficient (Wildman–Crippen LogP) is 1.42. The lowest BCUT2D eigenvalue weighted by Gasteiger charge is -2.41. The summed E-state index contributed by atoms with van der Waals surface area (Å²) in [6.07, 6.45) is 1.38. The van der Waals surface area contributed by atoms with Crippen molar-refractivity contribution in [1.82, 2.24) is 25.1 Å². The molecule has 1 aromatic heterocycles. The van der Waals surface area contributed by atoms with Gasteiger partial charge in [-0.2, -0.15) is 9.97 Å². The molecule has 1 aliphatic carbocycles. The third kappa shape index (κ3) is 3.64. The Labute approximate surface area is 185 Å². The van der Waals surface area contributed by atoms with Crippen LogP contribution >= 0.6 is 0 Å². The molecule has 3 unspecified atom stereocenters. The molecular formula is C21H30F2N6O3. The number of hydrogen-bond acceptors (Lipinski definition) is 7. The molecule has 32 heavy (non-hydrogen) atoms. The Balaban J connectivity index is 1.39. The van der Waals surface area contributed by atoms with Crippen LogP contribution in [-0.2, 0) is 13.0 Å². The second-order valence-electron chi connectivity index (χ2n) is 9.85. The first-order valence-electron chi connectivity index (χ1n) is 11.2. The minimum absolute atomic E-state index is 0.0588. The number of hydrogen-bond donors (Lipinski definition) is 2. The summed E-state index contributed by atoms with van der Waals surface area (Å²) in [6, 6.07) is 0.00391. The summed E-state index contributed by atoms with van der Waals surface area (Å²) < 4.78 is 34.1. The van der Waals surface area contributed by atoms with E-state index in [1.807, 2.05) is 0 Å². The van der Waals surface area contributed by atoms with Crippen molar-refractivity contribution in [2.45, 2.75) is 50.2 Å². The van der Waals surface area contributed by atoms with Crippen LogP contribution in [0.15, 0.2) is 0 Å². The van der Waals surface area contributed by atoms with Crippen LogP contribution in [0.5, 0.6) is 6.01 Å². The van der Waals surface area contributed by atoms with E-state index in [2.05, 4.69) is 20.2 Å². The second-order valence-corrected chi connectivity index (χ2v) is 9.85. The average Bonchev–Trinajstić information content (AvgIpc) is 3.15. The Morgan fingerprint density at radius 2 is 1.97 bits per heavy atom. The number of anilines is 1. The predicted molar refractivity (Wildman–Crippen MR) is 112 cm³/mol. The Bertz CT molecular complexity index is 902. The van der Waals surface area contributed by atoms with Crippen LogP contribution in [0, 0.1) is 5.41 Å². The number of nitrogens with one attached hydrogen (secondary N) is 1.